The summed E-state index contributed by atoms with van der Waals surface area (Å²) >= 11 is 0. The molecule has 352 valence electrons. The summed E-state index contributed by atoms with van der Waals surface area (Å²) in [5.41, 5.74) is 0.356. The molecule has 19 nitrogen and oxygen atoms in total. The Morgan fingerprint density at radius 2 is 0.689 bits per heavy atom. The van der Waals surface area contributed by atoms with Crippen LogP contribution in [0.1, 0.15) is 41.5 Å². The Morgan fingerprint density at radius 3 is 0.951 bits per heavy atom. The minimum Gasteiger partial charge on any atom is -0.444 e. The normalized spacial score (nSPS) is 12.8. The fraction of sp³-hybridized carbons (Fsp3) is 0.786. The van der Waals surface area contributed by atoms with E-state index in [0.29, 0.717) is 183 Å². The third-order valence-corrected chi connectivity index (χ3v) is 8.08. The molecule has 1 aliphatic rings. The molecule has 1 aromatic rings. The zero-order chi connectivity index (χ0) is 44.1. The highest BCUT2D eigenvalue weighted by molar-refractivity contribution is 6.21. The molecule has 0 saturated heterocycles. The van der Waals surface area contributed by atoms with Crippen LogP contribution in [0.4, 0.5) is 4.79 Å². The highest BCUT2D eigenvalue weighted by atomic mass is 16.6. The Balaban J connectivity index is 1.15. The topological polar surface area (TPSA) is 187 Å². The van der Waals surface area contributed by atoms with Gasteiger partial charge in [-0.15, -0.1) is 0 Å². The lowest BCUT2D eigenvalue weighted by Gasteiger charge is -2.24. The number of hydrogen-bond acceptors (Lipinski definition) is 17. The summed E-state index contributed by atoms with van der Waals surface area (Å²) in [6.45, 7) is 17.8. The molecular formula is C42H72N2O17. The van der Waals surface area contributed by atoms with Gasteiger partial charge in [-0.25, -0.2) is 4.79 Å². The molecule has 61 heavy (non-hydrogen) atoms. The van der Waals surface area contributed by atoms with Crippen molar-refractivity contribution in [2.45, 2.75) is 26.4 Å². The van der Waals surface area contributed by atoms with Crippen LogP contribution in [0.25, 0.3) is 0 Å². The van der Waals surface area contributed by atoms with Crippen molar-refractivity contribution in [1.29, 1.82) is 0 Å². The van der Waals surface area contributed by atoms with Crippen LogP contribution in [0.5, 0.6) is 0 Å². The van der Waals surface area contributed by atoms with E-state index < -0.39 is 5.60 Å². The van der Waals surface area contributed by atoms with Gasteiger partial charge in [-0.2, -0.15) is 0 Å². The number of fused-ring (bicyclic) bond motifs is 1. The second-order valence-corrected chi connectivity index (χ2v) is 14.2. The highest BCUT2D eigenvalue weighted by Crippen LogP contribution is 2.21. The molecule has 0 N–H and O–H groups in total. The number of ether oxygens (including phenoxy) is 14. The number of likely N-dealkylation sites (N-methyl/N-ethyl adjacent to an activating group) is 1. The fourth-order valence-electron chi connectivity index (χ4n) is 4.97. The van der Waals surface area contributed by atoms with Crippen molar-refractivity contribution in [2.75, 3.05) is 192 Å². The summed E-state index contributed by atoms with van der Waals surface area (Å²) in [6, 6.07) is 6.81. The van der Waals surface area contributed by atoms with Crippen LogP contribution in [-0.2, 0) is 66.3 Å². The Hall–Kier alpha value is -2.89. The van der Waals surface area contributed by atoms with Gasteiger partial charge in [0.2, 0.25) is 0 Å². The average Bonchev–Trinajstić information content (AvgIpc) is 3.48. The molecule has 0 fully saturated rings. The zero-order valence-electron chi connectivity index (χ0n) is 36.9. The fourth-order valence-corrected chi connectivity index (χ4v) is 4.97. The van der Waals surface area contributed by atoms with Gasteiger partial charge in [0.05, 0.1) is 189 Å². The van der Waals surface area contributed by atoms with Gasteiger partial charge in [-0.1, -0.05) is 12.1 Å². The van der Waals surface area contributed by atoms with E-state index in [0.717, 1.165) is 0 Å². The molecule has 1 heterocycles. The van der Waals surface area contributed by atoms with Crippen LogP contribution >= 0.6 is 0 Å². The minimum atomic E-state index is -0.518. The van der Waals surface area contributed by atoms with Gasteiger partial charge in [0, 0.05) is 13.6 Å². The van der Waals surface area contributed by atoms with Crippen molar-refractivity contribution in [3.05, 3.63) is 35.4 Å². The van der Waals surface area contributed by atoms with Gasteiger partial charge in [0.15, 0.2) is 0 Å². The number of carbonyl (C=O) groups excluding carboxylic acids is 3. The molecule has 0 spiro atoms. The van der Waals surface area contributed by atoms with E-state index in [1.165, 1.54) is 9.80 Å². The van der Waals surface area contributed by atoms with Crippen LogP contribution in [-0.4, -0.2) is 225 Å². The van der Waals surface area contributed by atoms with Gasteiger partial charge in [0.1, 0.15) is 5.60 Å². The molecule has 0 atom stereocenters. The molecule has 0 aliphatic carbocycles. The Bertz CT molecular complexity index is 1220. The van der Waals surface area contributed by atoms with Crippen molar-refractivity contribution in [2.24, 2.45) is 0 Å². The molecule has 19 heteroatoms. The first-order valence-electron chi connectivity index (χ1n) is 21.1. The zero-order valence-corrected chi connectivity index (χ0v) is 36.9. The molecule has 1 aromatic carbocycles. The summed E-state index contributed by atoms with van der Waals surface area (Å²) in [7, 11) is 1.68. The lowest BCUT2D eigenvalue weighted by Crippen LogP contribution is -2.36. The number of nitrogens with zero attached hydrogens (tertiary/aromatic N) is 2. The van der Waals surface area contributed by atoms with Gasteiger partial charge in [-0.3, -0.25) is 14.5 Å². The van der Waals surface area contributed by atoms with E-state index in [-0.39, 0.29) is 31.1 Å². The highest BCUT2D eigenvalue weighted by Gasteiger charge is 2.34. The van der Waals surface area contributed by atoms with E-state index in [1.807, 2.05) is 20.8 Å². The molecule has 0 radical (unpaired) electrons. The maximum Gasteiger partial charge on any atom is 0.410 e. The Kier molecular flexibility index (Phi) is 32.5. The monoisotopic (exact) mass is 876 g/mol. The van der Waals surface area contributed by atoms with Crippen LogP contribution in [0.3, 0.4) is 0 Å². The number of imide groups is 1. The first-order chi connectivity index (χ1) is 29.7. The number of rotatable bonds is 42. The number of carbonyl (C=O) groups is 3. The largest absolute Gasteiger partial charge is 0.444 e. The predicted molar refractivity (Wildman–Crippen MR) is 221 cm³/mol. The second kappa shape index (κ2) is 36.6. The third-order valence-electron chi connectivity index (χ3n) is 8.08. The number of amides is 3. The Labute approximate surface area is 361 Å². The molecule has 0 bridgehead atoms. The molecular weight excluding hydrogens is 804 g/mol. The summed E-state index contributed by atoms with van der Waals surface area (Å²) in [4.78, 5) is 39.2. The quantitative estimate of drug-likeness (QED) is 0.0688. The Morgan fingerprint density at radius 1 is 0.443 bits per heavy atom. The number of hydrogen-bond donors (Lipinski definition) is 0. The van der Waals surface area contributed by atoms with E-state index in [2.05, 4.69) is 0 Å². The first kappa shape index (κ1) is 54.2. The number of benzene rings is 1. The minimum absolute atomic E-state index is 0.208. The summed E-state index contributed by atoms with van der Waals surface area (Å²) in [6.07, 6.45) is -0.371. The molecule has 2 rings (SSSR count). The van der Waals surface area contributed by atoms with Crippen molar-refractivity contribution >= 4 is 17.9 Å². The third kappa shape index (κ3) is 29.2. The lowest BCUT2D eigenvalue weighted by atomic mass is 10.1. The molecule has 3 amide bonds. The van der Waals surface area contributed by atoms with E-state index >= 15 is 0 Å². The van der Waals surface area contributed by atoms with Crippen molar-refractivity contribution in [1.82, 2.24) is 9.80 Å². The summed E-state index contributed by atoms with van der Waals surface area (Å²) < 4.78 is 76.6. The SMILES string of the molecule is CN(CCOCCOCCOCCOCCOCCOCCOCCOCCOCCOCCOCCOCCOCCN1C(=O)c2ccccc2C1=O)C(=O)OC(C)(C)C. The van der Waals surface area contributed by atoms with E-state index in [1.54, 1.807) is 31.3 Å². The summed E-state index contributed by atoms with van der Waals surface area (Å²) in [5, 5.41) is 0. The maximum atomic E-state index is 12.3. The van der Waals surface area contributed by atoms with Crippen LogP contribution in [0, 0.1) is 0 Å². The van der Waals surface area contributed by atoms with Crippen molar-refractivity contribution < 1.29 is 80.7 Å². The first-order valence-corrected chi connectivity index (χ1v) is 21.1. The van der Waals surface area contributed by atoms with Gasteiger partial charge < -0.3 is 71.2 Å². The van der Waals surface area contributed by atoms with Gasteiger partial charge in [0.25, 0.3) is 11.8 Å². The van der Waals surface area contributed by atoms with Crippen LogP contribution in [0.2, 0.25) is 0 Å². The molecule has 1 aliphatic heterocycles. The average molecular weight is 877 g/mol. The lowest BCUT2D eigenvalue weighted by molar-refractivity contribution is -0.0292. The van der Waals surface area contributed by atoms with Gasteiger partial charge in [-0.05, 0) is 32.9 Å². The molecule has 0 unspecified atom stereocenters. The van der Waals surface area contributed by atoms with Crippen molar-refractivity contribution in [3.63, 3.8) is 0 Å². The van der Waals surface area contributed by atoms with Crippen LogP contribution < -0.4 is 0 Å². The van der Waals surface area contributed by atoms with Crippen molar-refractivity contribution in [3.8, 4) is 0 Å². The van der Waals surface area contributed by atoms with E-state index in [9.17, 15) is 14.4 Å². The van der Waals surface area contributed by atoms with E-state index in [4.69, 9.17) is 66.3 Å². The standard InChI is InChI=1S/C42H72N2O17/c1-42(2,3)61-41(47)43(4)9-11-48-13-15-50-17-19-52-21-23-54-25-27-56-29-31-58-33-35-60-36-34-59-32-30-57-28-26-55-24-22-53-20-18-51-16-14-49-12-10-44-39(45)37-7-5-6-8-38(37)40(44)46/h5-8H,9-36H2,1-4H3. The predicted octanol–water partition coefficient (Wildman–Crippen LogP) is 2.37. The smallest absolute Gasteiger partial charge is 0.410 e. The van der Waals surface area contributed by atoms with Crippen LogP contribution in [0.15, 0.2) is 24.3 Å². The summed E-state index contributed by atoms with van der Waals surface area (Å²) in [5.74, 6) is -0.565. The molecule has 0 aromatic heterocycles. The maximum absolute atomic E-state index is 12.3. The molecule has 0 saturated carbocycles. The second-order valence-electron chi connectivity index (χ2n) is 14.2. The van der Waals surface area contributed by atoms with Gasteiger partial charge >= 0.3 is 6.09 Å².